The first kappa shape index (κ1) is 14.7. The van der Waals surface area contributed by atoms with E-state index in [1.54, 1.807) is 0 Å². The standard InChI is InChI=1S/C16H25NOS/c1-16(2,3)10-9-12(17-4)14-11-19-15-8-6-5-7-13(15)18-14/h5-8,12,14,17H,9-11H2,1-4H3. The minimum absolute atomic E-state index is 0.271. The second kappa shape index (κ2) is 6.19. The molecular weight excluding hydrogens is 254 g/mol. The predicted molar refractivity (Wildman–Crippen MR) is 83.1 cm³/mol. The van der Waals surface area contributed by atoms with Gasteiger partial charge < -0.3 is 10.1 Å². The van der Waals surface area contributed by atoms with Gasteiger partial charge in [0.15, 0.2) is 0 Å². The Kier molecular flexibility index (Phi) is 4.80. The molecule has 0 saturated heterocycles. The molecule has 1 aliphatic heterocycles. The Morgan fingerprint density at radius 2 is 2.11 bits per heavy atom. The highest BCUT2D eigenvalue weighted by Crippen LogP contribution is 2.36. The van der Waals surface area contributed by atoms with Crippen molar-refractivity contribution in [3.05, 3.63) is 24.3 Å². The lowest BCUT2D eigenvalue weighted by Gasteiger charge is -2.33. The zero-order valence-corrected chi connectivity index (χ0v) is 13.2. The minimum atomic E-state index is 0.271. The fraction of sp³-hybridized carbons (Fsp3) is 0.625. The largest absolute Gasteiger partial charge is 0.487 e. The molecule has 1 heterocycles. The summed E-state index contributed by atoms with van der Waals surface area (Å²) in [7, 11) is 2.04. The fourth-order valence-electron chi connectivity index (χ4n) is 2.34. The van der Waals surface area contributed by atoms with Crippen LogP contribution in [0, 0.1) is 5.41 Å². The summed E-state index contributed by atoms with van der Waals surface area (Å²) in [6, 6.07) is 8.76. The van der Waals surface area contributed by atoms with Gasteiger partial charge >= 0.3 is 0 Å². The van der Waals surface area contributed by atoms with Gasteiger partial charge in [-0.25, -0.2) is 0 Å². The van der Waals surface area contributed by atoms with Gasteiger partial charge in [0, 0.05) is 16.7 Å². The van der Waals surface area contributed by atoms with Crippen molar-refractivity contribution >= 4 is 11.8 Å². The van der Waals surface area contributed by atoms with Gasteiger partial charge in [0.05, 0.1) is 0 Å². The summed E-state index contributed by atoms with van der Waals surface area (Å²) in [6.07, 6.45) is 2.64. The summed E-state index contributed by atoms with van der Waals surface area (Å²) >= 11 is 1.91. The molecule has 2 atom stereocenters. The molecule has 1 aromatic rings. The number of benzene rings is 1. The molecule has 2 nitrogen and oxygen atoms in total. The number of hydrogen-bond donors (Lipinski definition) is 1. The number of nitrogens with one attached hydrogen (secondary N) is 1. The molecule has 0 fully saturated rings. The zero-order valence-electron chi connectivity index (χ0n) is 12.4. The second-order valence-electron chi connectivity index (χ2n) is 6.41. The van der Waals surface area contributed by atoms with Gasteiger partial charge in [0.25, 0.3) is 0 Å². The molecule has 2 unspecified atom stereocenters. The Balaban J connectivity index is 1.98. The molecule has 0 saturated carbocycles. The third-order valence-corrected chi connectivity index (χ3v) is 4.70. The SMILES string of the molecule is CNC(CCC(C)(C)C)C1CSc2ccccc2O1. The minimum Gasteiger partial charge on any atom is -0.487 e. The first-order valence-electron chi connectivity index (χ1n) is 7.05. The molecule has 19 heavy (non-hydrogen) atoms. The van der Waals surface area contributed by atoms with E-state index in [9.17, 15) is 0 Å². The maximum absolute atomic E-state index is 6.17. The third kappa shape index (κ3) is 4.15. The molecule has 1 N–H and O–H groups in total. The Morgan fingerprint density at radius 1 is 1.37 bits per heavy atom. The van der Waals surface area contributed by atoms with Gasteiger partial charge in [-0.3, -0.25) is 0 Å². The van der Waals surface area contributed by atoms with Crippen LogP contribution < -0.4 is 10.1 Å². The van der Waals surface area contributed by atoms with Crippen LogP contribution in [-0.2, 0) is 0 Å². The van der Waals surface area contributed by atoms with Crippen molar-refractivity contribution in [1.29, 1.82) is 0 Å². The normalized spacial score (nSPS) is 20.5. The second-order valence-corrected chi connectivity index (χ2v) is 7.47. The number of hydrogen-bond acceptors (Lipinski definition) is 3. The van der Waals surface area contributed by atoms with Crippen molar-refractivity contribution in [3.63, 3.8) is 0 Å². The van der Waals surface area contributed by atoms with E-state index in [1.165, 1.54) is 11.3 Å². The monoisotopic (exact) mass is 279 g/mol. The van der Waals surface area contributed by atoms with Crippen LogP contribution in [0.1, 0.15) is 33.6 Å². The molecule has 3 heteroatoms. The van der Waals surface area contributed by atoms with Crippen LogP contribution in [0.15, 0.2) is 29.2 Å². The Hall–Kier alpha value is -0.670. The number of likely N-dealkylation sites (N-methyl/N-ethyl adjacent to an activating group) is 1. The average molecular weight is 279 g/mol. The van der Waals surface area contributed by atoms with E-state index in [-0.39, 0.29) is 6.10 Å². The first-order chi connectivity index (χ1) is 8.99. The first-order valence-corrected chi connectivity index (χ1v) is 8.04. The number of rotatable bonds is 4. The van der Waals surface area contributed by atoms with Gasteiger partial charge in [0.2, 0.25) is 0 Å². The maximum Gasteiger partial charge on any atom is 0.133 e. The number of thioether (sulfide) groups is 1. The quantitative estimate of drug-likeness (QED) is 0.901. The molecule has 0 aromatic heterocycles. The van der Waals surface area contributed by atoms with Crippen LogP contribution in [0.3, 0.4) is 0 Å². The van der Waals surface area contributed by atoms with Crippen LogP contribution >= 0.6 is 11.8 Å². The molecule has 0 aliphatic carbocycles. The molecule has 106 valence electrons. The van der Waals surface area contributed by atoms with Crippen molar-refractivity contribution in [2.24, 2.45) is 5.41 Å². The van der Waals surface area contributed by atoms with Crippen LogP contribution in [0.2, 0.25) is 0 Å². The van der Waals surface area contributed by atoms with E-state index in [0.29, 0.717) is 11.5 Å². The highest BCUT2D eigenvalue weighted by Gasteiger charge is 2.28. The summed E-state index contributed by atoms with van der Waals surface area (Å²) in [5.41, 5.74) is 0.384. The van der Waals surface area contributed by atoms with Crippen LogP contribution in [-0.4, -0.2) is 24.9 Å². The van der Waals surface area contributed by atoms with Gasteiger partial charge in [-0.2, -0.15) is 0 Å². The topological polar surface area (TPSA) is 21.3 Å². The van der Waals surface area contributed by atoms with Crippen molar-refractivity contribution in [2.75, 3.05) is 12.8 Å². The molecule has 0 amide bonds. The van der Waals surface area contributed by atoms with Crippen LogP contribution in [0.5, 0.6) is 5.75 Å². The lowest BCUT2D eigenvalue weighted by molar-refractivity contribution is 0.156. The van der Waals surface area contributed by atoms with Crippen molar-refractivity contribution in [3.8, 4) is 5.75 Å². The fourth-order valence-corrected chi connectivity index (χ4v) is 3.42. The van der Waals surface area contributed by atoms with Crippen LogP contribution in [0.25, 0.3) is 0 Å². The van der Waals surface area contributed by atoms with Crippen LogP contribution in [0.4, 0.5) is 0 Å². The van der Waals surface area contributed by atoms with E-state index in [4.69, 9.17) is 4.74 Å². The Labute approximate surface area is 121 Å². The molecule has 2 rings (SSSR count). The van der Waals surface area contributed by atoms with Gasteiger partial charge in [-0.15, -0.1) is 11.8 Å². The summed E-state index contributed by atoms with van der Waals surface area (Å²) in [4.78, 5) is 1.27. The molecular formula is C16H25NOS. The van der Waals surface area contributed by atoms with E-state index < -0.39 is 0 Å². The van der Waals surface area contributed by atoms with Crippen molar-refractivity contribution in [1.82, 2.24) is 5.32 Å². The molecule has 0 bridgehead atoms. The Morgan fingerprint density at radius 3 is 2.79 bits per heavy atom. The molecule has 0 spiro atoms. The van der Waals surface area contributed by atoms with E-state index in [0.717, 1.165) is 17.9 Å². The Bertz CT molecular complexity index is 413. The molecule has 1 aliphatic rings. The number of para-hydroxylation sites is 1. The van der Waals surface area contributed by atoms with Gasteiger partial charge in [-0.1, -0.05) is 32.9 Å². The average Bonchev–Trinajstić information content (AvgIpc) is 2.38. The maximum atomic E-state index is 6.17. The molecule has 0 radical (unpaired) electrons. The lowest BCUT2D eigenvalue weighted by atomic mass is 9.88. The zero-order chi connectivity index (χ0) is 13.9. The van der Waals surface area contributed by atoms with E-state index in [2.05, 4.69) is 44.3 Å². The summed E-state index contributed by atoms with van der Waals surface area (Å²) in [5.74, 6) is 2.08. The van der Waals surface area contributed by atoms with E-state index >= 15 is 0 Å². The van der Waals surface area contributed by atoms with Gasteiger partial charge in [-0.05, 0) is 37.4 Å². The molecule has 1 aromatic carbocycles. The predicted octanol–water partition coefficient (Wildman–Crippen LogP) is 3.95. The number of ether oxygens (including phenoxy) is 1. The third-order valence-electron chi connectivity index (χ3n) is 3.56. The summed E-state index contributed by atoms with van der Waals surface area (Å²) < 4.78 is 6.17. The highest BCUT2D eigenvalue weighted by atomic mass is 32.2. The summed E-state index contributed by atoms with van der Waals surface area (Å²) in [5, 5.41) is 3.44. The summed E-state index contributed by atoms with van der Waals surface area (Å²) in [6.45, 7) is 6.89. The van der Waals surface area contributed by atoms with Crippen molar-refractivity contribution < 1.29 is 4.74 Å². The van der Waals surface area contributed by atoms with Gasteiger partial charge in [0.1, 0.15) is 11.9 Å². The smallest absolute Gasteiger partial charge is 0.133 e. The van der Waals surface area contributed by atoms with E-state index in [1.807, 2.05) is 24.9 Å². The number of fused-ring (bicyclic) bond motifs is 1. The lowest BCUT2D eigenvalue weighted by Crippen LogP contribution is -2.44. The highest BCUT2D eigenvalue weighted by molar-refractivity contribution is 7.99. The van der Waals surface area contributed by atoms with Crippen molar-refractivity contribution in [2.45, 2.75) is 50.7 Å².